The van der Waals surface area contributed by atoms with Crippen LogP contribution < -0.4 is 5.32 Å². The van der Waals surface area contributed by atoms with Crippen LogP contribution in [-0.4, -0.2) is 11.5 Å². The van der Waals surface area contributed by atoms with Gasteiger partial charge in [-0.05, 0) is 38.4 Å². The van der Waals surface area contributed by atoms with Gasteiger partial charge in [-0.1, -0.05) is 19.1 Å². The van der Waals surface area contributed by atoms with E-state index < -0.39 is 0 Å². The van der Waals surface area contributed by atoms with Crippen LogP contribution in [-0.2, 0) is 0 Å². The number of nitrogens with zero attached hydrogens (tertiary/aromatic N) is 1. The highest BCUT2D eigenvalue weighted by atomic mass is 19.1. The zero-order valence-electron chi connectivity index (χ0n) is 11.5. The van der Waals surface area contributed by atoms with Gasteiger partial charge in [-0.25, -0.2) is 9.37 Å². The third-order valence-corrected chi connectivity index (χ3v) is 3.05. The summed E-state index contributed by atoms with van der Waals surface area (Å²) < 4.78 is 19.2. The van der Waals surface area contributed by atoms with Crippen LogP contribution in [0.3, 0.4) is 0 Å². The molecule has 2 rings (SSSR count). The van der Waals surface area contributed by atoms with Crippen LogP contribution >= 0.6 is 0 Å². The molecule has 1 unspecified atom stereocenters. The highest BCUT2D eigenvalue weighted by Gasteiger charge is 2.13. The molecule has 0 saturated carbocycles. The van der Waals surface area contributed by atoms with Crippen molar-refractivity contribution in [3.05, 3.63) is 41.7 Å². The summed E-state index contributed by atoms with van der Waals surface area (Å²) in [6.07, 6.45) is 2.70. The van der Waals surface area contributed by atoms with Gasteiger partial charge in [-0.15, -0.1) is 0 Å². The monoisotopic (exact) mass is 262 g/mol. The molecular formula is C15H19FN2O. The van der Waals surface area contributed by atoms with Crippen LogP contribution in [0.1, 0.15) is 37.8 Å². The lowest BCUT2D eigenvalue weighted by atomic mass is 10.1. The summed E-state index contributed by atoms with van der Waals surface area (Å²) in [6.45, 7) is 6.76. The Bertz CT molecular complexity index is 551. The van der Waals surface area contributed by atoms with Crippen molar-refractivity contribution in [3.63, 3.8) is 0 Å². The van der Waals surface area contributed by atoms with E-state index in [1.807, 2.05) is 13.0 Å². The Morgan fingerprint density at radius 3 is 2.89 bits per heavy atom. The Morgan fingerprint density at radius 2 is 2.21 bits per heavy atom. The van der Waals surface area contributed by atoms with Crippen molar-refractivity contribution in [1.29, 1.82) is 0 Å². The number of aromatic nitrogens is 1. The Labute approximate surface area is 112 Å². The molecule has 0 amide bonds. The van der Waals surface area contributed by atoms with Crippen molar-refractivity contribution in [1.82, 2.24) is 10.3 Å². The zero-order valence-corrected chi connectivity index (χ0v) is 11.5. The second-order valence-electron chi connectivity index (χ2n) is 4.70. The summed E-state index contributed by atoms with van der Waals surface area (Å²) in [6, 6.07) is 5.12. The van der Waals surface area contributed by atoms with E-state index in [2.05, 4.69) is 17.2 Å². The van der Waals surface area contributed by atoms with Crippen LogP contribution in [0, 0.1) is 12.7 Å². The van der Waals surface area contributed by atoms with Crippen molar-refractivity contribution in [2.75, 3.05) is 6.54 Å². The Balaban J connectivity index is 2.18. The van der Waals surface area contributed by atoms with Gasteiger partial charge in [0.05, 0.1) is 12.2 Å². The van der Waals surface area contributed by atoms with Crippen molar-refractivity contribution >= 4 is 0 Å². The van der Waals surface area contributed by atoms with Gasteiger partial charge in [0.2, 0.25) is 5.89 Å². The third kappa shape index (κ3) is 3.20. The summed E-state index contributed by atoms with van der Waals surface area (Å²) in [5, 5.41) is 3.30. The highest BCUT2D eigenvalue weighted by Crippen LogP contribution is 2.24. The topological polar surface area (TPSA) is 38.1 Å². The lowest BCUT2D eigenvalue weighted by Crippen LogP contribution is -2.19. The van der Waals surface area contributed by atoms with Crippen LogP contribution in [0.15, 0.2) is 28.8 Å². The molecule has 102 valence electrons. The van der Waals surface area contributed by atoms with Gasteiger partial charge in [0.1, 0.15) is 5.82 Å². The fourth-order valence-electron chi connectivity index (χ4n) is 1.82. The van der Waals surface area contributed by atoms with Gasteiger partial charge in [-0.2, -0.15) is 0 Å². The van der Waals surface area contributed by atoms with E-state index in [1.165, 1.54) is 6.07 Å². The molecule has 0 fully saturated rings. The number of nitrogens with one attached hydrogen (secondary N) is 1. The smallest absolute Gasteiger partial charge is 0.211 e. The van der Waals surface area contributed by atoms with Crippen molar-refractivity contribution in [2.24, 2.45) is 0 Å². The predicted octanol–water partition coefficient (Wildman–Crippen LogP) is 3.85. The molecule has 0 bridgehead atoms. The molecule has 4 heteroatoms. The molecule has 1 heterocycles. The van der Waals surface area contributed by atoms with E-state index in [1.54, 1.807) is 19.2 Å². The summed E-state index contributed by atoms with van der Waals surface area (Å²) in [7, 11) is 0. The van der Waals surface area contributed by atoms with Gasteiger partial charge in [0.15, 0.2) is 5.76 Å². The number of halogens is 1. The maximum absolute atomic E-state index is 13.5. The van der Waals surface area contributed by atoms with E-state index in [-0.39, 0.29) is 11.9 Å². The molecule has 1 atom stereocenters. The van der Waals surface area contributed by atoms with Crippen molar-refractivity contribution in [3.8, 4) is 11.3 Å². The van der Waals surface area contributed by atoms with Gasteiger partial charge in [0, 0.05) is 5.56 Å². The largest absolute Gasteiger partial charge is 0.439 e. The van der Waals surface area contributed by atoms with E-state index in [0.717, 1.165) is 13.0 Å². The van der Waals surface area contributed by atoms with Gasteiger partial charge >= 0.3 is 0 Å². The maximum Gasteiger partial charge on any atom is 0.211 e. The first kappa shape index (κ1) is 13.7. The maximum atomic E-state index is 13.5. The van der Waals surface area contributed by atoms with Crippen molar-refractivity contribution in [2.45, 2.75) is 33.2 Å². The third-order valence-electron chi connectivity index (χ3n) is 3.05. The fourth-order valence-corrected chi connectivity index (χ4v) is 1.82. The first-order chi connectivity index (χ1) is 9.11. The van der Waals surface area contributed by atoms with Crippen LogP contribution in [0.5, 0.6) is 0 Å². The Morgan fingerprint density at radius 1 is 1.42 bits per heavy atom. The minimum Gasteiger partial charge on any atom is -0.439 e. The van der Waals surface area contributed by atoms with E-state index in [9.17, 15) is 4.39 Å². The molecule has 0 radical (unpaired) electrons. The Kier molecular flexibility index (Phi) is 4.32. The second-order valence-corrected chi connectivity index (χ2v) is 4.70. The number of aryl methyl sites for hydroxylation is 1. The molecule has 2 aromatic rings. The molecule has 1 aromatic carbocycles. The summed E-state index contributed by atoms with van der Waals surface area (Å²) in [5.41, 5.74) is 1.34. The van der Waals surface area contributed by atoms with Crippen LogP contribution in [0.2, 0.25) is 0 Å². The Hall–Kier alpha value is -1.68. The van der Waals surface area contributed by atoms with Gasteiger partial charge in [-0.3, -0.25) is 0 Å². The molecule has 1 aromatic heterocycles. The summed E-state index contributed by atoms with van der Waals surface area (Å²) in [4.78, 5) is 4.25. The molecule has 0 aliphatic carbocycles. The minimum atomic E-state index is -0.229. The van der Waals surface area contributed by atoms with Gasteiger partial charge < -0.3 is 9.73 Å². The summed E-state index contributed by atoms with van der Waals surface area (Å²) in [5.74, 6) is 0.996. The molecule has 0 aliphatic heterocycles. The van der Waals surface area contributed by atoms with Crippen molar-refractivity contribution < 1.29 is 8.81 Å². The first-order valence-corrected chi connectivity index (χ1v) is 6.57. The number of benzene rings is 1. The van der Waals surface area contributed by atoms with E-state index in [0.29, 0.717) is 22.8 Å². The van der Waals surface area contributed by atoms with E-state index in [4.69, 9.17) is 4.42 Å². The van der Waals surface area contributed by atoms with E-state index >= 15 is 0 Å². The summed E-state index contributed by atoms with van der Waals surface area (Å²) >= 11 is 0. The molecule has 0 saturated heterocycles. The zero-order chi connectivity index (χ0) is 13.8. The average Bonchev–Trinajstić information content (AvgIpc) is 2.89. The minimum absolute atomic E-state index is 0.0593. The first-order valence-electron chi connectivity index (χ1n) is 6.57. The SMILES string of the molecule is CCCNC(C)c1ncc(-c2ccc(C)c(F)c2)o1. The number of oxazole rings is 1. The second kappa shape index (κ2) is 5.97. The van der Waals surface area contributed by atoms with Crippen LogP contribution in [0.25, 0.3) is 11.3 Å². The lowest BCUT2D eigenvalue weighted by Gasteiger charge is -2.08. The van der Waals surface area contributed by atoms with Crippen LogP contribution in [0.4, 0.5) is 4.39 Å². The molecule has 0 spiro atoms. The molecule has 1 N–H and O–H groups in total. The number of rotatable bonds is 5. The predicted molar refractivity (Wildman–Crippen MR) is 73.3 cm³/mol. The standard InChI is InChI=1S/C15H19FN2O/c1-4-7-17-11(3)15-18-9-14(19-15)12-6-5-10(2)13(16)8-12/h5-6,8-9,11,17H,4,7H2,1-3H3. The molecule has 19 heavy (non-hydrogen) atoms. The normalized spacial score (nSPS) is 12.6. The molecule has 3 nitrogen and oxygen atoms in total. The number of hydrogen-bond acceptors (Lipinski definition) is 3. The molecular weight excluding hydrogens is 243 g/mol. The average molecular weight is 262 g/mol. The fraction of sp³-hybridized carbons (Fsp3) is 0.400. The lowest BCUT2D eigenvalue weighted by molar-refractivity contribution is 0.423. The van der Waals surface area contributed by atoms with Gasteiger partial charge in [0.25, 0.3) is 0 Å². The number of hydrogen-bond donors (Lipinski definition) is 1. The quantitative estimate of drug-likeness (QED) is 0.889. The molecule has 0 aliphatic rings. The highest BCUT2D eigenvalue weighted by molar-refractivity contribution is 5.57.